The van der Waals surface area contributed by atoms with Crippen LogP contribution in [0.15, 0.2) is 41.0 Å². The first kappa shape index (κ1) is 14.2. The Balaban J connectivity index is 2.28. The van der Waals surface area contributed by atoms with Gasteiger partial charge < -0.3 is 4.42 Å². The molecule has 2 heteroatoms. The normalized spacial score (nSPS) is 13.5. The van der Waals surface area contributed by atoms with E-state index in [2.05, 4.69) is 52.0 Å². The number of hydrogen-bond acceptors (Lipinski definition) is 1. The summed E-state index contributed by atoms with van der Waals surface area (Å²) < 4.78 is 5.45. The highest BCUT2D eigenvalue weighted by atomic mass is 35.5. The van der Waals surface area contributed by atoms with E-state index in [1.54, 1.807) is 6.26 Å². The van der Waals surface area contributed by atoms with Crippen LogP contribution < -0.4 is 0 Å². The summed E-state index contributed by atoms with van der Waals surface area (Å²) in [6, 6.07) is 10.5. The molecule has 1 heterocycles. The van der Waals surface area contributed by atoms with E-state index in [9.17, 15) is 0 Å². The molecule has 1 unspecified atom stereocenters. The standard InChI is InChI=1S/C17H21ClO/c1-5-15-14(10-11-19-15)16(18)12-6-8-13(9-7-12)17(2,3)4/h6-11,16H,5H2,1-4H3. The molecule has 102 valence electrons. The van der Waals surface area contributed by atoms with Crippen LogP contribution >= 0.6 is 11.6 Å². The van der Waals surface area contributed by atoms with Gasteiger partial charge in [0.05, 0.1) is 11.6 Å². The van der Waals surface area contributed by atoms with Gasteiger partial charge >= 0.3 is 0 Å². The van der Waals surface area contributed by atoms with Gasteiger partial charge in [0, 0.05) is 12.0 Å². The summed E-state index contributed by atoms with van der Waals surface area (Å²) in [7, 11) is 0. The number of hydrogen-bond donors (Lipinski definition) is 0. The molecule has 19 heavy (non-hydrogen) atoms. The monoisotopic (exact) mass is 276 g/mol. The van der Waals surface area contributed by atoms with Crippen molar-refractivity contribution in [2.45, 2.75) is 44.9 Å². The molecule has 0 aliphatic rings. The van der Waals surface area contributed by atoms with Crippen molar-refractivity contribution in [1.82, 2.24) is 0 Å². The third-order valence-corrected chi connectivity index (χ3v) is 3.93. The molecular formula is C17H21ClO. The average Bonchev–Trinajstić information content (AvgIpc) is 2.85. The van der Waals surface area contributed by atoms with Gasteiger partial charge in [-0.15, -0.1) is 11.6 Å². The SMILES string of the molecule is CCc1occc1C(Cl)c1ccc(C(C)(C)C)cc1. The third kappa shape index (κ3) is 3.03. The second-order valence-electron chi connectivity index (χ2n) is 5.89. The molecule has 0 saturated carbocycles. The lowest BCUT2D eigenvalue weighted by atomic mass is 9.86. The Bertz CT molecular complexity index is 531. The second-order valence-corrected chi connectivity index (χ2v) is 6.32. The summed E-state index contributed by atoms with van der Waals surface area (Å²) in [4.78, 5) is 0. The molecule has 1 aromatic heterocycles. The zero-order valence-corrected chi connectivity index (χ0v) is 12.8. The van der Waals surface area contributed by atoms with E-state index >= 15 is 0 Å². The fraction of sp³-hybridized carbons (Fsp3) is 0.412. The van der Waals surface area contributed by atoms with Gasteiger partial charge in [-0.3, -0.25) is 0 Å². The predicted molar refractivity (Wildman–Crippen MR) is 80.9 cm³/mol. The smallest absolute Gasteiger partial charge is 0.108 e. The lowest BCUT2D eigenvalue weighted by Gasteiger charge is -2.20. The van der Waals surface area contributed by atoms with Crippen LogP contribution in [0, 0.1) is 0 Å². The van der Waals surface area contributed by atoms with E-state index in [4.69, 9.17) is 16.0 Å². The Morgan fingerprint density at radius 1 is 1.11 bits per heavy atom. The van der Waals surface area contributed by atoms with Crippen molar-refractivity contribution in [3.63, 3.8) is 0 Å². The fourth-order valence-electron chi connectivity index (χ4n) is 2.20. The van der Waals surface area contributed by atoms with Gasteiger partial charge in [-0.25, -0.2) is 0 Å². The highest BCUT2D eigenvalue weighted by Gasteiger charge is 2.18. The Morgan fingerprint density at radius 3 is 2.26 bits per heavy atom. The fourth-order valence-corrected chi connectivity index (χ4v) is 2.54. The summed E-state index contributed by atoms with van der Waals surface area (Å²) in [6.45, 7) is 8.72. The van der Waals surface area contributed by atoms with Gasteiger partial charge in [-0.2, -0.15) is 0 Å². The molecule has 0 radical (unpaired) electrons. The van der Waals surface area contributed by atoms with Crippen LogP contribution in [0.3, 0.4) is 0 Å². The topological polar surface area (TPSA) is 13.1 Å². The number of rotatable bonds is 3. The van der Waals surface area contributed by atoms with Crippen LogP contribution in [0.5, 0.6) is 0 Å². The van der Waals surface area contributed by atoms with Gasteiger partial charge in [0.25, 0.3) is 0 Å². The van der Waals surface area contributed by atoms with Crippen molar-refractivity contribution in [2.24, 2.45) is 0 Å². The molecule has 0 N–H and O–H groups in total. The van der Waals surface area contributed by atoms with Crippen molar-refractivity contribution in [2.75, 3.05) is 0 Å². The first-order valence-corrected chi connectivity index (χ1v) is 7.18. The number of alkyl halides is 1. The Kier molecular flexibility index (Phi) is 4.05. The zero-order chi connectivity index (χ0) is 14.0. The minimum Gasteiger partial charge on any atom is -0.469 e. The molecule has 1 nitrogen and oxygen atoms in total. The van der Waals surface area contributed by atoms with Gasteiger partial charge in [-0.1, -0.05) is 52.0 Å². The van der Waals surface area contributed by atoms with Gasteiger partial charge in [-0.05, 0) is 22.6 Å². The van der Waals surface area contributed by atoms with Crippen molar-refractivity contribution in [3.8, 4) is 0 Å². The van der Waals surface area contributed by atoms with Crippen LogP contribution in [-0.2, 0) is 11.8 Å². The molecular weight excluding hydrogens is 256 g/mol. The van der Waals surface area contributed by atoms with Crippen LogP contribution in [0.25, 0.3) is 0 Å². The minimum absolute atomic E-state index is 0.136. The summed E-state index contributed by atoms with van der Waals surface area (Å²) >= 11 is 6.56. The maximum Gasteiger partial charge on any atom is 0.108 e. The van der Waals surface area contributed by atoms with Crippen molar-refractivity contribution in [3.05, 3.63) is 59.0 Å². The third-order valence-electron chi connectivity index (χ3n) is 3.44. The molecule has 0 amide bonds. The Labute approximate surface area is 120 Å². The summed E-state index contributed by atoms with van der Waals surface area (Å²) in [5, 5.41) is -0.136. The Morgan fingerprint density at radius 2 is 1.74 bits per heavy atom. The first-order chi connectivity index (χ1) is 8.93. The largest absolute Gasteiger partial charge is 0.469 e. The Hall–Kier alpha value is -1.21. The summed E-state index contributed by atoms with van der Waals surface area (Å²) in [5.41, 5.74) is 3.69. The molecule has 1 atom stereocenters. The van der Waals surface area contributed by atoms with Crippen molar-refractivity contribution >= 4 is 11.6 Å². The minimum atomic E-state index is -0.136. The van der Waals surface area contributed by atoms with E-state index in [1.165, 1.54) is 5.56 Å². The zero-order valence-electron chi connectivity index (χ0n) is 12.0. The molecule has 2 rings (SSSR count). The highest BCUT2D eigenvalue weighted by molar-refractivity contribution is 6.22. The number of benzene rings is 1. The molecule has 2 aromatic rings. The van der Waals surface area contributed by atoms with Crippen LogP contribution in [0.2, 0.25) is 0 Å². The average molecular weight is 277 g/mol. The molecule has 0 bridgehead atoms. The summed E-state index contributed by atoms with van der Waals surface area (Å²) in [5.74, 6) is 0.972. The van der Waals surface area contributed by atoms with E-state index < -0.39 is 0 Å². The molecule has 0 spiro atoms. The molecule has 0 saturated heterocycles. The van der Waals surface area contributed by atoms with Gasteiger partial charge in [0.15, 0.2) is 0 Å². The van der Waals surface area contributed by atoms with Crippen LogP contribution in [-0.4, -0.2) is 0 Å². The lowest BCUT2D eigenvalue weighted by Crippen LogP contribution is -2.10. The van der Waals surface area contributed by atoms with E-state index in [0.717, 1.165) is 23.3 Å². The molecule has 0 aliphatic heterocycles. The van der Waals surface area contributed by atoms with Crippen LogP contribution in [0.1, 0.15) is 55.5 Å². The van der Waals surface area contributed by atoms with Crippen LogP contribution in [0.4, 0.5) is 0 Å². The quantitative estimate of drug-likeness (QED) is 0.678. The molecule has 1 aromatic carbocycles. The van der Waals surface area contributed by atoms with E-state index in [-0.39, 0.29) is 10.8 Å². The van der Waals surface area contributed by atoms with E-state index in [0.29, 0.717) is 0 Å². The maximum atomic E-state index is 6.56. The molecule has 0 fully saturated rings. The second kappa shape index (κ2) is 5.42. The number of aryl methyl sites for hydroxylation is 1. The number of halogens is 1. The van der Waals surface area contributed by atoms with Gasteiger partial charge in [0.2, 0.25) is 0 Å². The maximum absolute atomic E-state index is 6.56. The van der Waals surface area contributed by atoms with Gasteiger partial charge in [0.1, 0.15) is 5.76 Å². The lowest BCUT2D eigenvalue weighted by molar-refractivity contribution is 0.512. The van der Waals surface area contributed by atoms with Crippen molar-refractivity contribution < 1.29 is 4.42 Å². The highest BCUT2D eigenvalue weighted by Crippen LogP contribution is 2.33. The van der Waals surface area contributed by atoms with E-state index in [1.807, 2.05) is 6.07 Å². The van der Waals surface area contributed by atoms with Crippen molar-refractivity contribution in [1.29, 1.82) is 0 Å². The molecule has 0 aliphatic carbocycles. The number of furan rings is 1. The first-order valence-electron chi connectivity index (χ1n) is 6.74. The summed E-state index contributed by atoms with van der Waals surface area (Å²) in [6.07, 6.45) is 2.58. The predicted octanol–water partition coefficient (Wildman–Crippen LogP) is 5.47.